The van der Waals surface area contributed by atoms with Gasteiger partial charge < -0.3 is 19.7 Å². The van der Waals surface area contributed by atoms with E-state index in [1.807, 2.05) is 43.3 Å². The molecule has 0 spiro atoms. The lowest BCUT2D eigenvalue weighted by Crippen LogP contribution is -2.42. The molecule has 0 bridgehead atoms. The summed E-state index contributed by atoms with van der Waals surface area (Å²) >= 11 is 14.0. The summed E-state index contributed by atoms with van der Waals surface area (Å²) in [6.07, 6.45) is 2.19. The number of rotatable bonds is 14. The second-order valence-corrected chi connectivity index (χ2v) is 10.7. The van der Waals surface area contributed by atoms with Crippen LogP contribution in [0, 0.1) is 0 Å². The number of amides is 1. The molecule has 10 nitrogen and oxygen atoms in total. The Morgan fingerprint density at radius 1 is 1.13 bits per heavy atom. The average Bonchev–Trinajstić information content (AvgIpc) is 3.35. The van der Waals surface area contributed by atoms with E-state index in [9.17, 15) is 9.59 Å². The summed E-state index contributed by atoms with van der Waals surface area (Å²) < 4.78 is 11.8. The molecule has 13 heteroatoms. The number of tetrazole rings is 1. The number of carbonyl (C=O) groups is 2. The first kappa shape index (κ1) is 30.5. The fraction of sp³-hybridized carbons (Fsp3) is 0.423. The summed E-state index contributed by atoms with van der Waals surface area (Å²) in [5, 5.41) is 15.5. The maximum Gasteiger partial charge on any atom is 0.407 e. The lowest BCUT2D eigenvalue weighted by molar-refractivity contribution is -0.122. The van der Waals surface area contributed by atoms with E-state index >= 15 is 0 Å². The van der Waals surface area contributed by atoms with Crippen molar-refractivity contribution in [1.29, 1.82) is 0 Å². The molecule has 1 heterocycles. The largest absolute Gasteiger partial charge is 0.497 e. The molecule has 39 heavy (non-hydrogen) atoms. The molecule has 0 aliphatic heterocycles. The number of alkyl carbamates (subject to hydrolysis) is 1. The number of hydrogen-bond donors (Lipinski definition) is 1. The van der Waals surface area contributed by atoms with Crippen LogP contribution in [0.15, 0.2) is 46.5 Å². The minimum atomic E-state index is -0.745. The Labute approximate surface area is 242 Å². The number of unbranched alkanes of at least 4 members (excludes halogenated alkanes) is 1. The first-order chi connectivity index (χ1) is 18.7. The molecule has 0 radical (unpaired) electrons. The van der Waals surface area contributed by atoms with Crippen LogP contribution in [0.25, 0.3) is 0 Å². The van der Waals surface area contributed by atoms with Crippen molar-refractivity contribution in [1.82, 2.24) is 25.5 Å². The second kappa shape index (κ2) is 14.9. The minimum absolute atomic E-state index is 0.138. The van der Waals surface area contributed by atoms with Crippen molar-refractivity contribution in [3.63, 3.8) is 0 Å². The summed E-state index contributed by atoms with van der Waals surface area (Å²) in [6.45, 7) is 1.92. The highest BCUT2D eigenvalue weighted by Gasteiger charge is 2.23. The molecule has 1 N–H and O–H groups in total. The van der Waals surface area contributed by atoms with Gasteiger partial charge in [-0.3, -0.25) is 4.79 Å². The smallest absolute Gasteiger partial charge is 0.407 e. The van der Waals surface area contributed by atoms with Crippen molar-refractivity contribution in [3.8, 4) is 5.75 Å². The summed E-state index contributed by atoms with van der Waals surface area (Å²) in [4.78, 5) is 27.7. The summed E-state index contributed by atoms with van der Waals surface area (Å²) in [6, 6.07) is 10.7. The zero-order chi connectivity index (χ0) is 28.4. The molecule has 3 aromatic rings. The number of ketones is 1. The lowest BCUT2D eigenvalue weighted by atomic mass is 10.1. The van der Waals surface area contributed by atoms with Gasteiger partial charge in [-0.1, -0.05) is 42.3 Å². The second-order valence-electron chi connectivity index (χ2n) is 8.87. The van der Waals surface area contributed by atoms with E-state index in [1.165, 1.54) is 10.2 Å². The molecule has 0 saturated carbocycles. The zero-order valence-electron chi connectivity index (χ0n) is 22.3. The molecular formula is C26H32Cl2N6O4S. The van der Waals surface area contributed by atoms with E-state index in [0.717, 1.165) is 36.0 Å². The van der Waals surface area contributed by atoms with Gasteiger partial charge in [-0.25, -0.2) is 9.48 Å². The van der Waals surface area contributed by atoms with Crippen LogP contribution < -0.4 is 15.0 Å². The summed E-state index contributed by atoms with van der Waals surface area (Å²) in [5.41, 5.74) is 2.04. The predicted octanol–water partition coefficient (Wildman–Crippen LogP) is 5.30. The number of methoxy groups -OCH3 is 1. The summed E-state index contributed by atoms with van der Waals surface area (Å²) in [5.74, 6) is 0.556. The number of carbonyl (C=O) groups excluding carboxylic acids is 2. The number of aromatic nitrogens is 4. The Morgan fingerprint density at radius 2 is 1.82 bits per heavy atom. The van der Waals surface area contributed by atoms with Gasteiger partial charge in [0.2, 0.25) is 5.16 Å². The van der Waals surface area contributed by atoms with E-state index in [0.29, 0.717) is 32.9 Å². The topological polar surface area (TPSA) is 111 Å². The van der Waals surface area contributed by atoms with Crippen LogP contribution in [0.3, 0.4) is 0 Å². The molecule has 0 fully saturated rings. The predicted molar refractivity (Wildman–Crippen MR) is 152 cm³/mol. The number of nitrogens with zero attached hydrogens (tertiary/aromatic N) is 5. The fourth-order valence-electron chi connectivity index (χ4n) is 3.60. The van der Waals surface area contributed by atoms with Crippen molar-refractivity contribution < 1.29 is 19.1 Å². The first-order valence-corrected chi connectivity index (χ1v) is 14.0. The molecule has 1 aromatic heterocycles. The van der Waals surface area contributed by atoms with E-state index in [1.54, 1.807) is 26.2 Å². The van der Waals surface area contributed by atoms with Crippen LogP contribution in [-0.4, -0.2) is 65.9 Å². The minimum Gasteiger partial charge on any atom is -0.497 e. The van der Waals surface area contributed by atoms with Crippen molar-refractivity contribution in [2.75, 3.05) is 32.7 Å². The van der Waals surface area contributed by atoms with Gasteiger partial charge in [-0.15, -0.1) is 5.10 Å². The quantitative estimate of drug-likeness (QED) is 0.248. The maximum absolute atomic E-state index is 13.0. The molecule has 0 aliphatic carbocycles. The zero-order valence-corrected chi connectivity index (χ0v) is 24.6. The molecule has 210 valence electrons. The average molecular weight is 596 g/mol. The van der Waals surface area contributed by atoms with Gasteiger partial charge in [-0.05, 0) is 77.7 Å². The van der Waals surface area contributed by atoms with E-state index in [-0.39, 0.29) is 18.9 Å². The molecule has 0 aliphatic rings. The number of Topliss-reactive ketones (excluding diaryl/α,β-unsaturated/α-hetero) is 1. The third-order valence-electron chi connectivity index (χ3n) is 5.84. The lowest BCUT2D eigenvalue weighted by Gasteiger charge is -2.17. The van der Waals surface area contributed by atoms with Gasteiger partial charge in [0, 0.05) is 19.8 Å². The maximum atomic E-state index is 13.0. The van der Waals surface area contributed by atoms with Crippen LogP contribution in [0.2, 0.25) is 10.0 Å². The van der Waals surface area contributed by atoms with E-state index in [2.05, 4.69) is 20.8 Å². The van der Waals surface area contributed by atoms with Crippen molar-refractivity contribution >= 4 is 52.5 Å². The van der Waals surface area contributed by atoms with Gasteiger partial charge in [0.05, 0.1) is 34.7 Å². The van der Waals surface area contributed by atoms with Gasteiger partial charge in [0.25, 0.3) is 0 Å². The van der Waals surface area contributed by atoms with Crippen LogP contribution in [0.4, 0.5) is 10.5 Å². The van der Waals surface area contributed by atoms with Gasteiger partial charge in [0.1, 0.15) is 12.3 Å². The van der Waals surface area contributed by atoms with Gasteiger partial charge in [-0.2, -0.15) is 0 Å². The SMILES string of the molecule is CCC(NC(=O)OCCCCc1ccc(OC)cc1)C(=O)Cn1nnnc1Sc1c(Cl)cc(N(C)C)cc1Cl. The highest BCUT2D eigenvalue weighted by atomic mass is 35.5. The number of aryl methyl sites for hydroxylation is 1. The van der Waals surface area contributed by atoms with E-state index in [4.69, 9.17) is 32.7 Å². The van der Waals surface area contributed by atoms with Gasteiger partial charge >= 0.3 is 6.09 Å². The number of ether oxygens (including phenoxy) is 2. The number of benzene rings is 2. The molecule has 2 aromatic carbocycles. The normalized spacial score (nSPS) is 11.6. The van der Waals surface area contributed by atoms with Crippen LogP contribution in [-0.2, 0) is 22.5 Å². The summed E-state index contributed by atoms with van der Waals surface area (Å²) in [7, 11) is 5.41. The monoisotopic (exact) mass is 594 g/mol. The Bertz CT molecular complexity index is 1230. The number of hydrogen-bond acceptors (Lipinski definition) is 9. The van der Waals surface area contributed by atoms with Crippen molar-refractivity contribution in [2.45, 2.75) is 55.2 Å². The van der Waals surface area contributed by atoms with Crippen LogP contribution in [0.1, 0.15) is 31.7 Å². The van der Waals surface area contributed by atoms with E-state index < -0.39 is 12.1 Å². The standard InChI is InChI=1S/C26H32Cl2N6O4S/c1-5-22(29-26(36)38-13-7-6-8-17-9-11-19(37-4)12-10-17)23(35)16-34-25(30-31-32-34)39-24-20(27)14-18(33(2)3)15-21(24)28/h9-12,14-15,22H,5-8,13,16H2,1-4H3,(H,29,36). The fourth-order valence-corrected chi connectivity index (χ4v) is 5.09. The highest BCUT2D eigenvalue weighted by molar-refractivity contribution is 7.99. The molecule has 1 unspecified atom stereocenters. The Hall–Kier alpha value is -3.02. The first-order valence-electron chi connectivity index (χ1n) is 12.4. The number of halogens is 2. The Morgan fingerprint density at radius 3 is 2.44 bits per heavy atom. The van der Waals surface area contributed by atoms with Gasteiger partial charge in [0.15, 0.2) is 5.78 Å². The molecule has 3 rings (SSSR count). The number of nitrogens with one attached hydrogen (secondary N) is 1. The van der Waals surface area contributed by atoms with Crippen LogP contribution in [0.5, 0.6) is 5.75 Å². The highest BCUT2D eigenvalue weighted by Crippen LogP contribution is 2.40. The molecule has 0 saturated heterocycles. The molecule has 1 atom stereocenters. The molecular weight excluding hydrogens is 563 g/mol. The van der Waals surface area contributed by atoms with Crippen molar-refractivity contribution in [3.05, 3.63) is 52.0 Å². The van der Waals surface area contributed by atoms with Crippen LogP contribution >= 0.6 is 35.0 Å². The third kappa shape index (κ3) is 9.01. The van der Waals surface area contributed by atoms with Crippen molar-refractivity contribution in [2.24, 2.45) is 0 Å². The molecule has 1 amide bonds. The third-order valence-corrected chi connectivity index (χ3v) is 7.78. The Balaban J connectivity index is 1.48. The Kier molecular flexibility index (Phi) is 11.7. The number of anilines is 1.